The molecule has 1 aromatic carbocycles. The van der Waals surface area contributed by atoms with Gasteiger partial charge in [0, 0.05) is 18.8 Å². The van der Waals surface area contributed by atoms with E-state index in [-0.39, 0.29) is 17.7 Å². The lowest BCUT2D eigenvalue weighted by atomic mass is 9.87. The van der Waals surface area contributed by atoms with Gasteiger partial charge in [-0.25, -0.2) is 4.39 Å². The zero-order valence-electron chi connectivity index (χ0n) is 14.4. The van der Waals surface area contributed by atoms with E-state index in [0.717, 1.165) is 57.5 Å². The van der Waals surface area contributed by atoms with E-state index in [1.54, 1.807) is 12.1 Å². The Kier molecular flexibility index (Phi) is 5.72. The molecule has 2 heterocycles. The summed E-state index contributed by atoms with van der Waals surface area (Å²) in [7, 11) is 0. The lowest BCUT2D eigenvalue weighted by Crippen LogP contribution is -2.38. The Labute approximate surface area is 143 Å². The first-order chi connectivity index (χ1) is 11.7. The van der Waals surface area contributed by atoms with Crippen molar-refractivity contribution in [3.05, 3.63) is 29.6 Å². The number of benzene rings is 1. The van der Waals surface area contributed by atoms with E-state index >= 15 is 0 Å². The highest BCUT2D eigenvalue weighted by Crippen LogP contribution is 2.35. The summed E-state index contributed by atoms with van der Waals surface area (Å²) in [5.41, 5.74) is 2.27. The third kappa shape index (κ3) is 3.89. The minimum atomic E-state index is -0.185. The van der Waals surface area contributed by atoms with Crippen molar-refractivity contribution in [3.8, 4) is 0 Å². The number of esters is 1. The second kappa shape index (κ2) is 7.97. The lowest BCUT2D eigenvalue weighted by Gasteiger charge is -2.36. The molecule has 0 spiro atoms. The zero-order valence-corrected chi connectivity index (χ0v) is 14.4. The summed E-state index contributed by atoms with van der Waals surface area (Å²) in [5.74, 6) is 0.201. The van der Waals surface area contributed by atoms with Crippen LogP contribution in [0.1, 0.15) is 44.1 Å². The molecule has 1 aromatic rings. The summed E-state index contributed by atoms with van der Waals surface area (Å²) in [5, 5.41) is 3.39. The van der Waals surface area contributed by atoms with Crippen molar-refractivity contribution in [1.29, 1.82) is 0 Å². The zero-order chi connectivity index (χ0) is 16.9. The van der Waals surface area contributed by atoms with Gasteiger partial charge in [0.1, 0.15) is 5.82 Å². The minimum Gasteiger partial charge on any atom is -0.466 e. The Balaban J connectivity index is 1.72. The summed E-state index contributed by atoms with van der Waals surface area (Å²) >= 11 is 0. The van der Waals surface area contributed by atoms with Crippen molar-refractivity contribution < 1.29 is 13.9 Å². The first-order valence-corrected chi connectivity index (χ1v) is 9.10. The van der Waals surface area contributed by atoms with E-state index in [1.165, 1.54) is 5.56 Å². The average Bonchev–Trinajstić information content (AvgIpc) is 2.63. The first kappa shape index (κ1) is 17.2. The topological polar surface area (TPSA) is 41.6 Å². The van der Waals surface area contributed by atoms with Gasteiger partial charge in [0.2, 0.25) is 0 Å². The molecule has 1 N–H and O–H groups in total. The maximum atomic E-state index is 13.9. The van der Waals surface area contributed by atoms with Gasteiger partial charge in [0.25, 0.3) is 0 Å². The van der Waals surface area contributed by atoms with Crippen molar-refractivity contribution in [2.75, 3.05) is 37.7 Å². The Bertz CT molecular complexity index is 564. The van der Waals surface area contributed by atoms with Crippen LogP contribution in [0.2, 0.25) is 0 Å². The van der Waals surface area contributed by atoms with Crippen LogP contribution in [0, 0.1) is 11.7 Å². The normalized spacial score (nSPS) is 20.2. The second-order valence-corrected chi connectivity index (χ2v) is 6.74. The predicted molar refractivity (Wildman–Crippen MR) is 92.8 cm³/mol. The molecule has 0 aliphatic carbocycles. The van der Waals surface area contributed by atoms with E-state index in [4.69, 9.17) is 4.74 Å². The largest absolute Gasteiger partial charge is 0.466 e. The molecular formula is C19H27FN2O2. The number of rotatable bonds is 4. The van der Waals surface area contributed by atoms with Crippen LogP contribution in [0.25, 0.3) is 0 Å². The van der Waals surface area contributed by atoms with Crippen LogP contribution in [-0.2, 0) is 9.53 Å². The van der Waals surface area contributed by atoms with Gasteiger partial charge >= 0.3 is 5.97 Å². The van der Waals surface area contributed by atoms with Crippen LogP contribution in [0.3, 0.4) is 0 Å². The molecule has 2 aliphatic rings. The number of carbonyl (C=O) groups excluding carboxylic acids is 1. The van der Waals surface area contributed by atoms with Crippen LogP contribution in [0.4, 0.5) is 10.1 Å². The molecule has 0 aromatic heterocycles. The van der Waals surface area contributed by atoms with Crippen LogP contribution in [0.5, 0.6) is 0 Å². The van der Waals surface area contributed by atoms with Crippen molar-refractivity contribution in [3.63, 3.8) is 0 Å². The fourth-order valence-corrected chi connectivity index (χ4v) is 3.89. The maximum Gasteiger partial charge on any atom is 0.309 e. The summed E-state index contributed by atoms with van der Waals surface area (Å²) in [6, 6.07) is 5.20. The summed E-state index contributed by atoms with van der Waals surface area (Å²) in [4.78, 5) is 14.1. The molecule has 2 fully saturated rings. The fraction of sp³-hybridized carbons (Fsp3) is 0.632. The molecule has 2 saturated heterocycles. The highest BCUT2D eigenvalue weighted by molar-refractivity contribution is 5.73. The molecule has 5 heteroatoms. The highest BCUT2D eigenvalue weighted by Gasteiger charge is 2.28. The van der Waals surface area contributed by atoms with Crippen LogP contribution < -0.4 is 10.2 Å². The van der Waals surface area contributed by atoms with Gasteiger partial charge < -0.3 is 15.0 Å². The van der Waals surface area contributed by atoms with Crippen LogP contribution >= 0.6 is 0 Å². The van der Waals surface area contributed by atoms with E-state index < -0.39 is 0 Å². The number of halogens is 1. The molecule has 2 aliphatic heterocycles. The number of hydrogen-bond donors (Lipinski definition) is 1. The van der Waals surface area contributed by atoms with E-state index in [0.29, 0.717) is 12.5 Å². The van der Waals surface area contributed by atoms with Gasteiger partial charge in [-0.1, -0.05) is 6.07 Å². The Morgan fingerprint density at radius 3 is 2.62 bits per heavy atom. The Hall–Kier alpha value is -1.62. The van der Waals surface area contributed by atoms with Crippen molar-refractivity contribution in [2.24, 2.45) is 5.92 Å². The molecule has 24 heavy (non-hydrogen) atoms. The van der Waals surface area contributed by atoms with Gasteiger partial charge in [-0.05, 0) is 69.3 Å². The van der Waals surface area contributed by atoms with Crippen LogP contribution in [0.15, 0.2) is 18.2 Å². The number of nitrogens with zero attached hydrogens (tertiary/aromatic N) is 1. The summed E-state index contributed by atoms with van der Waals surface area (Å²) < 4.78 is 19.0. The van der Waals surface area contributed by atoms with Gasteiger partial charge in [0.05, 0.1) is 12.5 Å². The van der Waals surface area contributed by atoms with Crippen LogP contribution in [-0.4, -0.2) is 38.8 Å². The van der Waals surface area contributed by atoms with Gasteiger partial charge in [-0.15, -0.1) is 0 Å². The monoisotopic (exact) mass is 334 g/mol. The molecule has 0 bridgehead atoms. The molecule has 0 radical (unpaired) electrons. The van der Waals surface area contributed by atoms with Crippen molar-refractivity contribution in [1.82, 2.24) is 5.32 Å². The molecule has 4 nitrogen and oxygen atoms in total. The number of nitrogens with one attached hydrogen (secondary N) is 1. The lowest BCUT2D eigenvalue weighted by molar-refractivity contribution is -0.148. The third-order valence-electron chi connectivity index (χ3n) is 5.23. The average molecular weight is 334 g/mol. The number of hydrogen-bond acceptors (Lipinski definition) is 4. The maximum absolute atomic E-state index is 13.9. The summed E-state index contributed by atoms with van der Waals surface area (Å²) in [6.45, 7) is 5.88. The summed E-state index contributed by atoms with van der Waals surface area (Å²) in [6.07, 6.45) is 3.75. The second-order valence-electron chi connectivity index (χ2n) is 6.74. The molecule has 0 atom stereocenters. The number of anilines is 1. The molecule has 0 unspecified atom stereocenters. The van der Waals surface area contributed by atoms with Gasteiger partial charge in [-0.3, -0.25) is 4.79 Å². The molecule has 0 saturated carbocycles. The standard InChI is InChI=1S/C19H27FN2O2/c1-2-24-19(23)15-7-11-22(12-8-15)18-13-16(20)3-4-17(18)14-5-9-21-10-6-14/h3-4,13-15,21H,2,5-12H2,1H3. The molecule has 3 rings (SSSR count). The fourth-order valence-electron chi connectivity index (χ4n) is 3.89. The molecular weight excluding hydrogens is 307 g/mol. The third-order valence-corrected chi connectivity index (χ3v) is 5.23. The quantitative estimate of drug-likeness (QED) is 0.859. The predicted octanol–water partition coefficient (Wildman–Crippen LogP) is 3.07. The Morgan fingerprint density at radius 2 is 1.96 bits per heavy atom. The van der Waals surface area contributed by atoms with Crippen molar-refractivity contribution >= 4 is 11.7 Å². The van der Waals surface area contributed by atoms with Gasteiger partial charge in [0.15, 0.2) is 0 Å². The Morgan fingerprint density at radius 1 is 1.25 bits per heavy atom. The van der Waals surface area contributed by atoms with E-state index in [9.17, 15) is 9.18 Å². The van der Waals surface area contributed by atoms with E-state index in [2.05, 4.69) is 10.2 Å². The molecule has 132 valence electrons. The molecule has 0 amide bonds. The number of ether oxygens (including phenoxy) is 1. The van der Waals surface area contributed by atoms with Gasteiger partial charge in [-0.2, -0.15) is 0 Å². The van der Waals surface area contributed by atoms with Crippen molar-refractivity contribution in [2.45, 2.75) is 38.5 Å². The first-order valence-electron chi connectivity index (χ1n) is 9.10. The SMILES string of the molecule is CCOC(=O)C1CCN(c2cc(F)ccc2C2CCNCC2)CC1. The smallest absolute Gasteiger partial charge is 0.309 e. The van der Waals surface area contributed by atoms with E-state index in [1.807, 2.05) is 13.0 Å². The number of piperidine rings is 2. The highest BCUT2D eigenvalue weighted by atomic mass is 19.1. The number of carbonyl (C=O) groups is 1. The minimum absolute atomic E-state index is 0.0166.